The number of amides is 1. The molecule has 1 aromatic heterocycles. The molecular formula is C25H19NO7. The number of aliphatic carboxylic acids is 1. The van der Waals surface area contributed by atoms with Crippen LogP contribution in [-0.2, 0) is 22.6 Å². The van der Waals surface area contributed by atoms with E-state index >= 15 is 0 Å². The Balaban J connectivity index is 1.28. The molecule has 1 unspecified atom stereocenters. The number of ketones is 1. The molecule has 3 heterocycles. The van der Waals surface area contributed by atoms with E-state index in [2.05, 4.69) is 0 Å². The Hall–Kier alpha value is -4.33. The molecule has 1 amide bonds. The molecule has 3 aromatic rings. The summed E-state index contributed by atoms with van der Waals surface area (Å²) in [7, 11) is 0. The maximum Gasteiger partial charge on any atom is 0.326 e. The summed E-state index contributed by atoms with van der Waals surface area (Å²) >= 11 is 0. The molecule has 1 atom stereocenters. The zero-order valence-corrected chi connectivity index (χ0v) is 17.4. The standard InChI is InChI=1S/C25H19NO7/c27-23(26-13-16-5-2-1-4-15(16)10-20(26)25(29)30)14-32-18-7-8-19-21(11-18)33-22(24(19)28)12-17-6-3-9-31-17/h1-9,11-12,20H,10,13-14H2,(H,29,30). The highest BCUT2D eigenvalue weighted by molar-refractivity contribution is 6.14. The summed E-state index contributed by atoms with van der Waals surface area (Å²) in [5.41, 5.74) is 2.22. The number of ether oxygens (including phenoxy) is 2. The third-order valence-corrected chi connectivity index (χ3v) is 5.67. The largest absolute Gasteiger partial charge is 0.484 e. The number of Topliss-reactive ketones (excluding diaryl/α,β-unsaturated/α-hetero) is 1. The second-order valence-corrected chi connectivity index (χ2v) is 7.75. The van der Waals surface area contributed by atoms with Gasteiger partial charge in [0.1, 0.15) is 23.3 Å². The highest BCUT2D eigenvalue weighted by Crippen LogP contribution is 2.35. The normalized spacial score (nSPS) is 17.9. The molecule has 0 bridgehead atoms. The number of furan rings is 1. The molecule has 8 nitrogen and oxygen atoms in total. The molecule has 33 heavy (non-hydrogen) atoms. The fourth-order valence-corrected chi connectivity index (χ4v) is 3.99. The lowest BCUT2D eigenvalue weighted by Gasteiger charge is -2.34. The molecule has 0 fully saturated rings. The predicted octanol–water partition coefficient (Wildman–Crippen LogP) is 3.31. The first-order chi connectivity index (χ1) is 16.0. The van der Waals surface area contributed by atoms with E-state index in [4.69, 9.17) is 13.9 Å². The summed E-state index contributed by atoms with van der Waals surface area (Å²) in [5.74, 6) is -0.503. The van der Waals surface area contributed by atoms with E-state index in [9.17, 15) is 19.5 Å². The van der Waals surface area contributed by atoms with Gasteiger partial charge in [0.2, 0.25) is 5.78 Å². The maximum absolute atomic E-state index is 12.8. The third-order valence-electron chi connectivity index (χ3n) is 5.67. The maximum atomic E-state index is 12.8. The van der Waals surface area contributed by atoms with Gasteiger partial charge >= 0.3 is 5.97 Å². The van der Waals surface area contributed by atoms with Crippen molar-refractivity contribution in [1.82, 2.24) is 4.90 Å². The van der Waals surface area contributed by atoms with Gasteiger partial charge in [-0.25, -0.2) is 4.79 Å². The molecule has 1 N–H and O–H groups in total. The lowest BCUT2D eigenvalue weighted by Crippen LogP contribution is -2.50. The number of hydrogen-bond acceptors (Lipinski definition) is 6. The number of carbonyl (C=O) groups excluding carboxylic acids is 2. The molecular weight excluding hydrogens is 426 g/mol. The van der Waals surface area contributed by atoms with Gasteiger partial charge in [-0.15, -0.1) is 0 Å². The molecule has 2 aromatic carbocycles. The van der Waals surface area contributed by atoms with Crippen LogP contribution in [0.1, 0.15) is 27.2 Å². The van der Waals surface area contributed by atoms with Crippen LogP contribution in [0.5, 0.6) is 11.5 Å². The highest BCUT2D eigenvalue weighted by Gasteiger charge is 2.35. The minimum atomic E-state index is -1.06. The van der Waals surface area contributed by atoms with Crippen molar-refractivity contribution in [1.29, 1.82) is 0 Å². The van der Waals surface area contributed by atoms with Crippen LogP contribution in [0.3, 0.4) is 0 Å². The molecule has 0 saturated heterocycles. The first-order valence-corrected chi connectivity index (χ1v) is 10.3. The highest BCUT2D eigenvalue weighted by atomic mass is 16.5. The van der Waals surface area contributed by atoms with Crippen molar-refractivity contribution in [3.8, 4) is 11.5 Å². The smallest absolute Gasteiger partial charge is 0.326 e. The zero-order valence-electron chi connectivity index (χ0n) is 17.4. The van der Waals surface area contributed by atoms with Gasteiger partial charge < -0.3 is 23.9 Å². The van der Waals surface area contributed by atoms with Gasteiger partial charge in [-0.1, -0.05) is 24.3 Å². The van der Waals surface area contributed by atoms with E-state index < -0.39 is 17.9 Å². The molecule has 0 aliphatic carbocycles. The molecule has 0 radical (unpaired) electrons. The van der Waals surface area contributed by atoms with E-state index in [1.54, 1.807) is 24.3 Å². The third kappa shape index (κ3) is 3.98. The van der Waals surface area contributed by atoms with E-state index in [1.165, 1.54) is 23.3 Å². The van der Waals surface area contributed by atoms with Crippen molar-refractivity contribution in [2.75, 3.05) is 6.61 Å². The van der Waals surface area contributed by atoms with E-state index in [0.717, 1.165) is 11.1 Å². The van der Waals surface area contributed by atoms with Crippen LogP contribution in [0.4, 0.5) is 0 Å². The molecule has 2 aliphatic rings. The summed E-state index contributed by atoms with van der Waals surface area (Å²) < 4.78 is 16.5. The number of benzene rings is 2. The lowest BCUT2D eigenvalue weighted by molar-refractivity contribution is -0.152. The number of nitrogens with zero attached hydrogens (tertiary/aromatic N) is 1. The molecule has 2 aliphatic heterocycles. The van der Waals surface area contributed by atoms with Crippen LogP contribution in [-0.4, -0.2) is 40.3 Å². The topological polar surface area (TPSA) is 106 Å². The molecule has 0 spiro atoms. The van der Waals surface area contributed by atoms with Gasteiger partial charge in [0, 0.05) is 25.1 Å². The fraction of sp³-hybridized carbons (Fsp3) is 0.160. The number of rotatable bonds is 5. The Bertz CT molecular complexity index is 1280. The van der Waals surface area contributed by atoms with Crippen LogP contribution in [0, 0.1) is 0 Å². The fourth-order valence-electron chi connectivity index (χ4n) is 3.99. The summed E-state index contributed by atoms with van der Waals surface area (Å²) in [6.07, 6.45) is 3.25. The number of allylic oxidation sites excluding steroid dienone is 1. The van der Waals surface area contributed by atoms with Crippen molar-refractivity contribution < 1.29 is 33.4 Å². The van der Waals surface area contributed by atoms with Crippen molar-refractivity contribution in [3.63, 3.8) is 0 Å². The Morgan fingerprint density at radius 2 is 1.94 bits per heavy atom. The van der Waals surface area contributed by atoms with Gasteiger partial charge in [-0.3, -0.25) is 9.59 Å². The Morgan fingerprint density at radius 3 is 2.70 bits per heavy atom. The minimum Gasteiger partial charge on any atom is -0.484 e. The van der Waals surface area contributed by atoms with Crippen molar-refractivity contribution in [2.45, 2.75) is 19.0 Å². The number of hydrogen-bond donors (Lipinski definition) is 1. The average molecular weight is 445 g/mol. The van der Waals surface area contributed by atoms with Crippen LogP contribution in [0.15, 0.2) is 71.0 Å². The van der Waals surface area contributed by atoms with Gasteiger partial charge in [-0.2, -0.15) is 0 Å². The van der Waals surface area contributed by atoms with Crippen LogP contribution < -0.4 is 9.47 Å². The van der Waals surface area contributed by atoms with Gasteiger partial charge in [-0.05, 0) is 35.4 Å². The minimum absolute atomic E-state index is 0.129. The van der Waals surface area contributed by atoms with Crippen LogP contribution in [0.25, 0.3) is 6.08 Å². The zero-order chi connectivity index (χ0) is 22.9. The predicted molar refractivity (Wildman–Crippen MR) is 116 cm³/mol. The summed E-state index contributed by atoms with van der Waals surface area (Å²) in [6, 6.07) is 14.6. The number of carbonyl (C=O) groups is 3. The van der Waals surface area contributed by atoms with Gasteiger partial charge in [0.25, 0.3) is 5.91 Å². The van der Waals surface area contributed by atoms with E-state index in [1.807, 2.05) is 24.3 Å². The van der Waals surface area contributed by atoms with Gasteiger partial charge in [0.05, 0.1) is 11.8 Å². The number of carboxylic acid groups (broad SMARTS) is 1. The lowest BCUT2D eigenvalue weighted by atomic mass is 9.94. The molecule has 0 saturated carbocycles. The monoisotopic (exact) mass is 445 g/mol. The number of fused-ring (bicyclic) bond motifs is 2. The van der Waals surface area contributed by atoms with Crippen molar-refractivity contribution >= 4 is 23.7 Å². The van der Waals surface area contributed by atoms with E-state index in [0.29, 0.717) is 22.8 Å². The quantitative estimate of drug-likeness (QED) is 0.601. The first-order valence-electron chi connectivity index (χ1n) is 10.3. The van der Waals surface area contributed by atoms with Gasteiger partial charge in [0.15, 0.2) is 12.4 Å². The summed E-state index contributed by atoms with van der Waals surface area (Å²) in [5, 5.41) is 9.62. The molecule has 166 valence electrons. The van der Waals surface area contributed by atoms with Crippen LogP contribution in [0.2, 0.25) is 0 Å². The number of carboxylic acids is 1. The van der Waals surface area contributed by atoms with E-state index in [-0.39, 0.29) is 31.1 Å². The Labute approximate surface area is 188 Å². The molecule has 8 heteroatoms. The second kappa shape index (κ2) is 8.31. The summed E-state index contributed by atoms with van der Waals surface area (Å²) in [6.45, 7) is -0.133. The Kier molecular flexibility index (Phi) is 5.18. The first kappa shape index (κ1) is 20.6. The Morgan fingerprint density at radius 1 is 1.12 bits per heavy atom. The molecule has 5 rings (SSSR count). The van der Waals surface area contributed by atoms with Crippen molar-refractivity contribution in [3.05, 3.63) is 89.1 Å². The summed E-state index contributed by atoms with van der Waals surface area (Å²) in [4.78, 5) is 38.4. The van der Waals surface area contributed by atoms with Crippen LogP contribution >= 0.6 is 0 Å². The SMILES string of the molecule is O=C1C(=Cc2ccco2)Oc2cc(OCC(=O)N3Cc4ccccc4CC3C(=O)O)ccc21. The van der Waals surface area contributed by atoms with Crippen molar-refractivity contribution in [2.24, 2.45) is 0 Å². The second-order valence-electron chi connectivity index (χ2n) is 7.75. The average Bonchev–Trinajstić information content (AvgIpc) is 3.44.